The molecule has 10 heavy (non-hydrogen) atoms. The van der Waals surface area contributed by atoms with Gasteiger partial charge in [-0.05, 0) is 6.92 Å². The van der Waals surface area contributed by atoms with Crippen LogP contribution in [0.4, 0.5) is 8.78 Å². The van der Waals surface area contributed by atoms with Crippen molar-refractivity contribution in [3.63, 3.8) is 0 Å². The first kappa shape index (κ1) is 9.29. The molecule has 5 heteroatoms. The Bertz CT molecular complexity index is 132. The molecule has 0 rings (SSSR count). The largest absolute Gasteiger partial charge is 0.289 e. The van der Waals surface area contributed by atoms with Crippen molar-refractivity contribution in [2.45, 2.75) is 19.8 Å². The van der Waals surface area contributed by atoms with E-state index in [1.54, 1.807) is 0 Å². The summed E-state index contributed by atoms with van der Waals surface area (Å²) in [7, 11) is 0. The average Bonchev–Trinajstić information content (AvgIpc) is 1.83. The third-order valence-corrected chi connectivity index (χ3v) is 1.26. The highest BCUT2D eigenvalue weighted by atomic mass is 19.3. The van der Waals surface area contributed by atoms with Crippen molar-refractivity contribution in [3.8, 4) is 0 Å². The molecule has 0 aromatic carbocycles. The number of rotatable bonds is 2. The fraction of sp³-hybridized carbons (Fsp3) is 0.800. The van der Waals surface area contributed by atoms with Crippen molar-refractivity contribution in [1.29, 1.82) is 0 Å². The molecule has 0 spiro atoms. The van der Waals surface area contributed by atoms with Gasteiger partial charge in [0, 0.05) is 6.92 Å². The van der Waals surface area contributed by atoms with Gasteiger partial charge in [-0.3, -0.25) is 10.0 Å². The number of alkyl halides is 2. The molecule has 0 saturated carbocycles. The first-order valence-electron chi connectivity index (χ1n) is 2.71. The summed E-state index contributed by atoms with van der Waals surface area (Å²) in [6, 6.07) is 0. The van der Waals surface area contributed by atoms with Crippen molar-refractivity contribution in [2.24, 2.45) is 5.92 Å². The molecular formula is C5H9F2NO2. The lowest BCUT2D eigenvalue weighted by Gasteiger charge is -2.16. The Kier molecular flexibility index (Phi) is 2.71. The van der Waals surface area contributed by atoms with Crippen LogP contribution in [0, 0.1) is 5.92 Å². The topological polar surface area (TPSA) is 49.3 Å². The molecule has 0 saturated heterocycles. The second-order valence-electron chi connectivity index (χ2n) is 2.15. The van der Waals surface area contributed by atoms with E-state index in [-0.39, 0.29) is 0 Å². The van der Waals surface area contributed by atoms with Crippen LogP contribution < -0.4 is 5.48 Å². The third-order valence-electron chi connectivity index (χ3n) is 1.26. The van der Waals surface area contributed by atoms with E-state index < -0.39 is 17.7 Å². The fourth-order valence-corrected chi connectivity index (χ4v) is 0.327. The molecule has 0 heterocycles. The summed E-state index contributed by atoms with van der Waals surface area (Å²) in [6.07, 6.45) is 0. The first-order valence-corrected chi connectivity index (χ1v) is 2.71. The summed E-state index contributed by atoms with van der Waals surface area (Å²) in [6.45, 7) is 1.65. The van der Waals surface area contributed by atoms with E-state index in [1.165, 1.54) is 0 Å². The summed E-state index contributed by atoms with van der Waals surface area (Å²) >= 11 is 0. The predicted octanol–water partition coefficient (Wildman–Crippen LogP) is 0.783. The SMILES string of the molecule is CC(C(=O)NO)C(C)(F)F. The number of hydrogen-bond donors (Lipinski definition) is 2. The number of halogens is 2. The number of carbonyl (C=O) groups excluding carboxylic acids is 1. The molecule has 0 aromatic heterocycles. The van der Waals surface area contributed by atoms with Crippen LogP contribution in [-0.4, -0.2) is 17.0 Å². The summed E-state index contributed by atoms with van der Waals surface area (Å²) in [5.41, 5.74) is 1.15. The van der Waals surface area contributed by atoms with Gasteiger partial charge >= 0.3 is 0 Å². The quantitative estimate of drug-likeness (QED) is 0.455. The highest BCUT2D eigenvalue weighted by Crippen LogP contribution is 2.22. The van der Waals surface area contributed by atoms with Crippen molar-refractivity contribution in [1.82, 2.24) is 5.48 Å². The number of carbonyl (C=O) groups is 1. The molecule has 0 aromatic rings. The summed E-state index contributed by atoms with van der Waals surface area (Å²) in [5, 5.41) is 7.94. The van der Waals surface area contributed by atoms with Crippen molar-refractivity contribution in [3.05, 3.63) is 0 Å². The van der Waals surface area contributed by atoms with Crippen LogP contribution in [0.3, 0.4) is 0 Å². The smallest absolute Gasteiger partial charge is 0.256 e. The van der Waals surface area contributed by atoms with Gasteiger partial charge in [0.05, 0.1) is 0 Å². The molecule has 2 N–H and O–H groups in total. The zero-order valence-electron chi connectivity index (χ0n) is 5.69. The average molecular weight is 153 g/mol. The number of hydroxylamine groups is 1. The lowest BCUT2D eigenvalue weighted by Crippen LogP contribution is -2.36. The molecule has 0 aliphatic rings. The Morgan fingerprint density at radius 2 is 2.10 bits per heavy atom. The normalized spacial score (nSPS) is 14.5. The van der Waals surface area contributed by atoms with Crippen LogP contribution in [0.25, 0.3) is 0 Å². The molecule has 1 atom stereocenters. The third kappa shape index (κ3) is 2.26. The van der Waals surface area contributed by atoms with Gasteiger partial charge in [-0.2, -0.15) is 0 Å². The minimum Gasteiger partial charge on any atom is -0.289 e. The van der Waals surface area contributed by atoms with Crippen LogP contribution in [0.1, 0.15) is 13.8 Å². The zero-order chi connectivity index (χ0) is 8.36. The van der Waals surface area contributed by atoms with Crippen molar-refractivity contribution < 1.29 is 18.8 Å². The second-order valence-corrected chi connectivity index (χ2v) is 2.15. The van der Waals surface area contributed by atoms with Crippen LogP contribution in [0.15, 0.2) is 0 Å². The van der Waals surface area contributed by atoms with Gasteiger partial charge in [0.15, 0.2) is 0 Å². The van der Waals surface area contributed by atoms with Gasteiger partial charge < -0.3 is 0 Å². The minimum absolute atomic E-state index is 0.618. The number of nitrogens with one attached hydrogen (secondary N) is 1. The Labute approximate surface area is 57.0 Å². The van der Waals surface area contributed by atoms with Crippen molar-refractivity contribution in [2.75, 3.05) is 0 Å². The maximum absolute atomic E-state index is 12.2. The number of hydrogen-bond acceptors (Lipinski definition) is 2. The Morgan fingerprint density at radius 3 is 2.20 bits per heavy atom. The molecule has 60 valence electrons. The Hall–Kier alpha value is -0.710. The molecule has 3 nitrogen and oxygen atoms in total. The molecule has 1 amide bonds. The molecule has 0 radical (unpaired) electrons. The van der Waals surface area contributed by atoms with E-state index >= 15 is 0 Å². The van der Waals surface area contributed by atoms with Crippen LogP contribution in [0.5, 0.6) is 0 Å². The summed E-state index contributed by atoms with van der Waals surface area (Å²) in [4.78, 5) is 10.3. The van der Waals surface area contributed by atoms with E-state index in [1.807, 2.05) is 0 Å². The van der Waals surface area contributed by atoms with E-state index in [0.29, 0.717) is 6.92 Å². The minimum atomic E-state index is -3.09. The van der Waals surface area contributed by atoms with Gasteiger partial charge in [-0.15, -0.1) is 0 Å². The van der Waals surface area contributed by atoms with E-state index in [0.717, 1.165) is 12.4 Å². The molecule has 0 aliphatic carbocycles. The highest BCUT2D eigenvalue weighted by molar-refractivity contribution is 5.77. The van der Waals surface area contributed by atoms with E-state index in [4.69, 9.17) is 5.21 Å². The maximum Gasteiger partial charge on any atom is 0.256 e. The van der Waals surface area contributed by atoms with Crippen LogP contribution in [-0.2, 0) is 4.79 Å². The van der Waals surface area contributed by atoms with Gasteiger partial charge in [0.1, 0.15) is 5.92 Å². The van der Waals surface area contributed by atoms with Gasteiger partial charge in [0.25, 0.3) is 11.8 Å². The highest BCUT2D eigenvalue weighted by Gasteiger charge is 2.35. The number of amides is 1. The molecule has 1 unspecified atom stereocenters. The van der Waals surface area contributed by atoms with Gasteiger partial charge in [-0.1, -0.05) is 0 Å². The van der Waals surface area contributed by atoms with Gasteiger partial charge in [0.2, 0.25) is 0 Å². The monoisotopic (exact) mass is 153 g/mol. The van der Waals surface area contributed by atoms with Crippen LogP contribution >= 0.6 is 0 Å². The van der Waals surface area contributed by atoms with Gasteiger partial charge in [-0.25, -0.2) is 14.3 Å². The summed E-state index contributed by atoms with van der Waals surface area (Å²) < 4.78 is 24.4. The summed E-state index contributed by atoms with van der Waals surface area (Å²) in [5.74, 6) is -5.67. The van der Waals surface area contributed by atoms with Crippen LogP contribution in [0.2, 0.25) is 0 Å². The van der Waals surface area contributed by atoms with E-state index in [2.05, 4.69) is 0 Å². The standard InChI is InChI=1S/C5H9F2NO2/c1-3(4(9)8-10)5(2,6)7/h3,10H,1-2H3,(H,8,9). The lowest BCUT2D eigenvalue weighted by atomic mass is 10.1. The molecule has 0 aliphatic heterocycles. The molecular weight excluding hydrogens is 144 g/mol. The Balaban J connectivity index is 4.08. The zero-order valence-corrected chi connectivity index (χ0v) is 5.69. The molecule has 0 fully saturated rings. The second kappa shape index (κ2) is 2.92. The molecule has 0 bridgehead atoms. The van der Waals surface area contributed by atoms with Crippen molar-refractivity contribution >= 4 is 5.91 Å². The van der Waals surface area contributed by atoms with E-state index in [9.17, 15) is 13.6 Å². The fourth-order valence-electron chi connectivity index (χ4n) is 0.327. The predicted molar refractivity (Wildman–Crippen MR) is 29.7 cm³/mol. The lowest BCUT2D eigenvalue weighted by molar-refractivity contribution is -0.144. The Morgan fingerprint density at radius 1 is 1.70 bits per heavy atom. The first-order chi connectivity index (χ1) is 4.39. The maximum atomic E-state index is 12.2.